The second kappa shape index (κ2) is 9.76. The van der Waals surface area contributed by atoms with E-state index in [0.29, 0.717) is 6.04 Å². The SMILES string of the molecule is CCC(C)(C)C(=O)NC1CCC(CCN2CCN(c3nccc4c3CCO4)CC2)CC1. The zero-order chi connectivity index (χ0) is 21.8. The van der Waals surface area contributed by atoms with Gasteiger partial charge in [-0.3, -0.25) is 9.69 Å². The summed E-state index contributed by atoms with van der Waals surface area (Å²) in [4.78, 5) is 22.2. The molecule has 1 saturated heterocycles. The summed E-state index contributed by atoms with van der Waals surface area (Å²) < 4.78 is 5.71. The number of piperazine rings is 1. The quantitative estimate of drug-likeness (QED) is 0.719. The fraction of sp³-hybridized carbons (Fsp3) is 0.760. The van der Waals surface area contributed by atoms with Crippen molar-refractivity contribution < 1.29 is 9.53 Å². The molecule has 0 unspecified atom stereocenters. The van der Waals surface area contributed by atoms with Gasteiger partial charge in [0.25, 0.3) is 0 Å². The normalized spacial score (nSPS) is 24.5. The number of hydrogen-bond donors (Lipinski definition) is 1. The Hall–Kier alpha value is -1.82. The molecule has 31 heavy (non-hydrogen) atoms. The van der Waals surface area contributed by atoms with Gasteiger partial charge < -0.3 is 15.0 Å². The van der Waals surface area contributed by atoms with Crippen molar-refractivity contribution in [2.75, 3.05) is 44.2 Å². The van der Waals surface area contributed by atoms with Gasteiger partial charge in [0.2, 0.25) is 5.91 Å². The molecule has 1 aromatic heterocycles. The Balaban J connectivity index is 1.16. The molecule has 2 aliphatic heterocycles. The molecule has 1 saturated carbocycles. The molecule has 0 bridgehead atoms. The van der Waals surface area contributed by atoms with Gasteiger partial charge in [-0.1, -0.05) is 20.8 Å². The van der Waals surface area contributed by atoms with Gasteiger partial charge in [0, 0.05) is 55.8 Å². The third-order valence-corrected chi connectivity index (χ3v) is 7.81. The van der Waals surface area contributed by atoms with Crippen LogP contribution < -0.4 is 15.0 Å². The summed E-state index contributed by atoms with van der Waals surface area (Å²) in [5, 5.41) is 3.30. The van der Waals surface area contributed by atoms with Crippen LogP contribution in [0.1, 0.15) is 64.9 Å². The maximum absolute atomic E-state index is 12.4. The second-order valence-corrected chi connectivity index (χ2v) is 10.3. The van der Waals surface area contributed by atoms with Crippen molar-refractivity contribution in [2.45, 2.75) is 71.8 Å². The fourth-order valence-electron chi connectivity index (χ4n) is 5.06. The van der Waals surface area contributed by atoms with E-state index in [9.17, 15) is 4.79 Å². The lowest BCUT2D eigenvalue weighted by molar-refractivity contribution is -0.130. The van der Waals surface area contributed by atoms with Crippen LogP contribution in [0.4, 0.5) is 5.82 Å². The molecule has 6 heteroatoms. The molecule has 3 aliphatic rings. The number of nitrogens with one attached hydrogen (secondary N) is 1. The smallest absolute Gasteiger partial charge is 0.225 e. The fourth-order valence-corrected chi connectivity index (χ4v) is 5.06. The Morgan fingerprint density at radius 1 is 1.19 bits per heavy atom. The molecule has 1 amide bonds. The van der Waals surface area contributed by atoms with E-state index in [1.807, 2.05) is 26.1 Å². The Bertz CT molecular complexity index is 750. The molecule has 0 atom stereocenters. The average molecular weight is 429 g/mol. The van der Waals surface area contributed by atoms with Crippen molar-refractivity contribution in [2.24, 2.45) is 11.3 Å². The average Bonchev–Trinajstić information content (AvgIpc) is 3.28. The molecule has 1 N–H and O–H groups in total. The lowest BCUT2D eigenvalue weighted by Gasteiger charge is -2.37. The standard InChI is InChI=1S/C25H40N4O2/c1-4-25(2,3)24(30)27-20-7-5-19(6-8-20)10-13-28-14-16-29(17-15-28)23-21-11-18-31-22(21)9-12-26-23/h9,12,19-20H,4-8,10-11,13-18H2,1-3H3,(H,27,30). The first-order chi connectivity index (χ1) is 15.0. The molecule has 1 aromatic rings. The van der Waals surface area contributed by atoms with Crippen LogP contribution in [-0.4, -0.2) is 61.2 Å². The number of pyridine rings is 1. The zero-order valence-electron chi connectivity index (χ0n) is 19.7. The Morgan fingerprint density at radius 3 is 2.65 bits per heavy atom. The van der Waals surface area contributed by atoms with Gasteiger partial charge in [-0.25, -0.2) is 4.98 Å². The third kappa shape index (κ3) is 5.33. The van der Waals surface area contributed by atoms with E-state index in [2.05, 4.69) is 27.0 Å². The number of carbonyl (C=O) groups excluding carboxylic acids is 1. The van der Waals surface area contributed by atoms with Crippen LogP contribution >= 0.6 is 0 Å². The molecule has 2 fully saturated rings. The number of aromatic nitrogens is 1. The number of amides is 1. The van der Waals surface area contributed by atoms with E-state index in [1.54, 1.807) is 0 Å². The summed E-state index contributed by atoms with van der Waals surface area (Å²) in [5.41, 5.74) is 1.04. The van der Waals surface area contributed by atoms with Crippen LogP contribution in [-0.2, 0) is 11.2 Å². The largest absolute Gasteiger partial charge is 0.493 e. The van der Waals surface area contributed by atoms with E-state index in [1.165, 1.54) is 31.4 Å². The van der Waals surface area contributed by atoms with Crippen molar-refractivity contribution in [3.63, 3.8) is 0 Å². The number of fused-ring (bicyclic) bond motifs is 1. The summed E-state index contributed by atoms with van der Waals surface area (Å²) in [7, 11) is 0. The van der Waals surface area contributed by atoms with Crippen molar-refractivity contribution in [3.05, 3.63) is 17.8 Å². The predicted molar refractivity (Wildman–Crippen MR) is 125 cm³/mol. The van der Waals surface area contributed by atoms with Crippen LogP contribution in [0.15, 0.2) is 12.3 Å². The molecule has 0 spiro atoms. The maximum Gasteiger partial charge on any atom is 0.225 e. The summed E-state index contributed by atoms with van der Waals surface area (Å²) in [6.45, 7) is 12.5. The molecule has 0 radical (unpaired) electrons. The number of hydrogen-bond acceptors (Lipinski definition) is 5. The zero-order valence-corrected chi connectivity index (χ0v) is 19.7. The number of carbonyl (C=O) groups is 1. The lowest BCUT2D eigenvalue weighted by atomic mass is 9.82. The molecular weight excluding hydrogens is 388 g/mol. The topological polar surface area (TPSA) is 57.7 Å². The minimum atomic E-state index is -0.249. The van der Waals surface area contributed by atoms with Crippen molar-refractivity contribution in [1.82, 2.24) is 15.2 Å². The monoisotopic (exact) mass is 428 g/mol. The Kier molecular flexibility index (Phi) is 7.05. The van der Waals surface area contributed by atoms with E-state index < -0.39 is 0 Å². The van der Waals surface area contributed by atoms with Gasteiger partial charge in [0.1, 0.15) is 11.6 Å². The highest BCUT2D eigenvalue weighted by atomic mass is 16.5. The Morgan fingerprint density at radius 2 is 1.94 bits per heavy atom. The van der Waals surface area contributed by atoms with E-state index in [0.717, 1.165) is 76.0 Å². The summed E-state index contributed by atoms with van der Waals surface area (Å²) in [6.07, 6.45) is 9.81. The molecule has 6 nitrogen and oxygen atoms in total. The lowest BCUT2D eigenvalue weighted by Crippen LogP contribution is -2.47. The van der Waals surface area contributed by atoms with Crippen LogP contribution in [0.2, 0.25) is 0 Å². The predicted octanol–water partition coefficient (Wildman–Crippen LogP) is 3.64. The van der Waals surface area contributed by atoms with Gasteiger partial charge >= 0.3 is 0 Å². The summed E-state index contributed by atoms with van der Waals surface area (Å²) in [5.74, 6) is 3.20. The highest BCUT2D eigenvalue weighted by Gasteiger charge is 2.30. The van der Waals surface area contributed by atoms with E-state index >= 15 is 0 Å². The minimum absolute atomic E-state index is 0.224. The molecule has 4 rings (SSSR count). The first kappa shape index (κ1) is 22.4. The van der Waals surface area contributed by atoms with E-state index in [4.69, 9.17) is 4.74 Å². The maximum atomic E-state index is 12.4. The summed E-state index contributed by atoms with van der Waals surface area (Å²) in [6, 6.07) is 2.37. The van der Waals surface area contributed by atoms with Crippen LogP contribution in [0.3, 0.4) is 0 Å². The molecule has 1 aliphatic carbocycles. The van der Waals surface area contributed by atoms with Crippen LogP contribution in [0.5, 0.6) is 5.75 Å². The summed E-state index contributed by atoms with van der Waals surface area (Å²) >= 11 is 0. The number of anilines is 1. The Labute approximate surface area is 187 Å². The molecule has 172 valence electrons. The number of ether oxygens (including phenoxy) is 1. The van der Waals surface area contributed by atoms with E-state index in [-0.39, 0.29) is 11.3 Å². The van der Waals surface area contributed by atoms with Gasteiger partial charge in [0.15, 0.2) is 0 Å². The molecular formula is C25H40N4O2. The van der Waals surface area contributed by atoms with Crippen molar-refractivity contribution >= 4 is 11.7 Å². The molecule has 3 heterocycles. The minimum Gasteiger partial charge on any atom is -0.493 e. The van der Waals surface area contributed by atoms with Gasteiger partial charge in [-0.2, -0.15) is 0 Å². The van der Waals surface area contributed by atoms with Crippen LogP contribution in [0, 0.1) is 11.3 Å². The second-order valence-electron chi connectivity index (χ2n) is 10.3. The van der Waals surface area contributed by atoms with Gasteiger partial charge in [0.05, 0.1) is 6.61 Å². The van der Waals surface area contributed by atoms with Crippen LogP contribution in [0.25, 0.3) is 0 Å². The van der Waals surface area contributed by atoms with Gasteiger partial charge in [-0.15, -0.1) is 0 Å². The molecule has 0 aromatic carbocycles. The number of nitrogens with zero attached hydrogens (tertiary/aromatic N) is 3. The third-order valence-electron chi connectivity index (χ3n) is 7.81. The first-order valence-electron chi connectivity index (χ1n) is 12.3. The first-order valence-corrected chi connectivity index (χ1v) is 12.3. The van der Waals surface area contributed by atoms with Crippen molar-refractivity contribution in [1.29, 1.82) is 0 Å². The number of rotatable bonds is 7. The highest BCUT2D eigenvalue weighted by Crippen LogP contribution is 2.33. The highest BCUT2D eigenvalue weighted by molar-refractivity contribution is 5.82. The van der Waals surface area contributed by atoms with Gasteiger partial charge in [-0.05, 0) is 57.1 Å². The van der Waals surface area contributed by atoms with Crippen molar-refractivity contribution in [3.8, 4) is 5.75 Å².